The van der Waals surface area contributed by atoms with Crippen LogP contribution in [0.5, 0.6) is 0 Å². The van der Waals surface area contributed by atoms with Crippen LogP contribution in [0.1, 0.15) is 21.9 Å². The van der Waals surface area contributed by atoms with Crippen molar-refractivity contribution in [2.75, 3.05) is 5.32 Å². The summed E-state index contributed by atoms with van der Waals surface area (Å²) >= 11 is 5.83. The van der Waals surface area contributed by atoms with Crippen LogP contribution in [0.2, 0.25) is 5.02 Å². The second-order valence-corrected chi connectivity index (χ2v) is 6.19. The molecule has 0 fully saturated rings. The molecular formula is C19H15ClF2N4O. The van der Waals surface area contributed by atoms with E-state index in [4.69, 9.17) is 11.6 Å². The zero-order valence-corrected chi connectivity index (χ0v) is 15.0. The number of aromatic nitrogens is 2. The van der Waals surface area contributed by atoms with E-state index in [0.29, 0.717) is 28.9 Å². The Morgan fingerprint density at radius 2 is 1.78 bits per heavy atom. The van der Waals surface area contributed by atoms with Gasteiger partial charge in [0.25, 0.3) is 5.91 Å². The van der Waals surface area contributed by atoms with E-state index in [1.807, 2.05) is 12.1 Å². The average molecular weight is 389 g/mol. The Kier molecular flexibility index (Phi) is 5.61. The Labute approximate surface area is 159 Å². The standard InChI is InChI=1S/C19H15ClF2N4O/c1-11-24-17(19(27)23-10-12-2-4-13(20)5-3-12)9-18(25-11)26-14-6-7-15(21)16(22)8-14/h2-9H,10H2,1H3,(H,23,27)(H,24,25,26). The fourth-order valence-corrected chi connectivity index (χ4v) is 2.47. The number of carbonyl (C=O) groups excluding carboxylic acids is 1. The van der Waals surface area contributed by atoms with E-state index >= 15 is 0 Å². The fourth-order valence-electron chi connectivity index (χ4n) is 2.34. The van der Waals surface area contributed by atoms with Gasteiger partial charge in [-0.2, -0.15) is 0 Å². The summed E-state index contributed by atoms with van der Waals surface area (Å²) in [6.07, 6.45) is 0. The molecule has 27 heavy (non-hydrogen) atoms. The predicted octanol–water partition coefficient (Wildman–Crippen LogP) is 4.39. The Bertz CT molecular complexity index is 980. The molecule has 0 radical (unpaired) electrons. The maximum Gasteiger partial charge on any atom is 0.270 e. The summed E-state index contributed by atoms with van der Waals surface area (Å²) in [6.45, 7) is 1.94. The first-order valence-corrected chi connectivity index (χ1v) is 8.39. The monoisotopic (exact) mass is 388 g/mol. The normalized spacial score (nSPS) is 10.5. The molecule has 3 aromatic rings. The Balaban J connectivity index is 1.72. The molecule has 0 aliphatic heterocycles. The molecule has 0 aliphatic carbocycles. The molecule has 8 heteroatoms. The molecular weight excluding hydrogens is 374 g/mol. The van der Waals surface area contributed by atoms with Crippen molar-refractivity contribution in [2.45, 2.75) is 13.5 Å². The van der Waals surface area contributed by atoms with Crippen LogP contribution in [-0.2, 0) is 6.54 Å². The van der Waals surface area contributed by atoms with Crippen LogP contribution < -0.4 is 10.6 Å². The topological polar surface area (TPSA) is 66.9 Å². The van der Waals surface area contributed by atoms with Crippen molar-refractivity contribution >= 4 is 29.0 Å². The van der Waals surface area contributed by atoms with Crippen LogP contribution in [0.25, 0.3) is 0 Å². The van der Waals surface area contributed by atoms with Gasteiger partial charge in [0.1, 0.15) is 17.3 Å². The van der Waals surface area contributed by atoms with Crippen LogP contribution in [0.4, 0.5) is 20.3 Å². The highest BCUT2D eigenvalue weighted by molar-refractivity contribution is 6.30. The van der Waals surface area contributed by atoms with E-state index in [0.717, 1.165) is 17.7 Å². The third kappa shape index (κ3) is 4.98. The zero-order chi connectivity index (χ0) is 19.4. The maximum atomic E-state index is 13.3. The summed E-state index contributed by atoms with van der Waals surface area (Å²) in [5, 5.41) is 6.21. The van der Waals surface area contributed by atoms with Gasteiger partial charge in [-0.15, -0.1) is 0 Å². The number of nitrogens with one attached hydrogen (secondary N) is 2. The van der Waals surface area contributed by atoms with Gasteiger partial charge in [-0.05, 0) is 36.8 Å². The van der Waals surface area contributed by atoms with Crippen molar-refractivity contribution in [1.29, 1.82) is 0 Å². The van der Waals surface area contributed by atoms with Gasteiger partial charge >= 0.3 is 0 Å². The van der Waals surface area contributed by atoms with Gasteiger partial charge in [0.15, 0.2) is 11.6 Å². The number of benzene rings is 2. The minimum Gasteiger partial charge on any atom is -0.347 e. The number of hydrogen-bond acceptors (Lipinski definition) is 4. The lowest BCUT2D eigenvalue weighted by Gasteiger charge is -2.10. The number of anilines is 2. The van der Waals surface area contributed by atoms with Crippen LogP contribution in [-0.4, -0.2) is 15.9 Å². The van der Waals surface area contributed by atoms with Gasteiger partial charge < -0.3 is 10.6 Å². The van der Waals surface area contributed by atoms with Gasteiger partial charge in [0, 0.05) is 29.4 Å². The van der Waals surface area contributed by atoms with Gasteiger partial charge in [0.2, 0.25) is 0 Å². The molecule has 1 amide bonds. The van der Waals surface area contributed by atoms with Crippen molar-refractivity contribution in [2.24, 2.45) is 0 Å². The molecule has 0 spiro atoms. The number of hydrogen-bond donors (Lipinski definition) is 2. The minimum absolute atomic E-state index is 0.154. The molecule has 0 bridgehead atoms. The van der Waals surface area contributed by atoms with Gasteiger partial charge in [0.05, 0.1) is 0 Å². The first-order chi connectivity index (χ1) is 12.9. The minimum atomic E-state index is -0.980. The van der Waals surface area contributed by atoms with Gasteiger partial charge in [-0.1, -0.05) is 23.7 Å². The van der Waals surface area contributed by atoms with Crippen LogP contribution >= 0.6 is 11.6 Å². The first-order valence-electron chi connectivity index (χ1n) is 8.01. The zero-order valence-electron chi connectivity index (χ0n) is 14.3. The van der Waals surface area contributed by atoms with E-state index < -0.39 is 11.6 Å². The number of nitrogens with zero attached hydrogens (tertiary/aromatic N) is 2. The van der Waals surface area contributed by atoms with Crippen molar-refractivity contribution in [3.63, 3.8) is 0 Å². The van der Waals surface area contributed by atoms with E-state index in [1.165, 1.54) is 12.1 Å². The smallest absolute Gasteiger partial charge is 0.270 e. The van der Waals surface area contributed by atoms with Crippen LogP contribution in [0.15, 0.2) is 48.5 Å². The van der Waals surface area contributed by atoms with Gasteiger partial charge in [-0.3, -0.25) is 4.79 Å². The first kappa shape index (κ1) is 18.7. The highest BCUT2D eigenvalue weighted by Crippen LogP contribution is 2.18. The second-order valence-electron chi connectivity index (χ2n) is 5.75. The summed E-state index contributed by atoms with van der Waals surface area (Å²) in [6, 6.07) is 11.9. The lowest BCUT2D eigenvalue weighted by atomic mass is 10.2. The number of aryl methyl sites for hydroxylation is 1. The molecule has 1 aromatic heterocycles. The lowest BCUT2D eigenvalue weighted by Crippen LogP contribution is -2.24. The second kappa shape index (κ2) is 8.09. The van der Waals surface area contributed by atoms with Crippen molar-refractivity contribution in [1.82, 2.24) is 15.3 Å². The van der Waals surface area contributed by atoms with Crippen molar-refractivity contribution < 1.29 is 13.6 Å². The molecule has 0 atom stereocenters. The molecule has 3 rings (SSSR count). The maximum absolute atomic E-state index is 13.3. The van der Waals surface area contributed by atoms with E-state index in [2.05, 4.69) is 20.6 Å². The van der Waals surface area contributed by atoms with Crippen molar-refractivity contribution in [3.05, 3.63) is 82.3 Å². The molecule has 2 N–H and O–H groups in total. The quantitative estimate of drug-likeness (QED) is 0.680. The van der Waals surface area contributed by atoms with Crippen LogP contribution in [0, 0.1) is 18.6 Å². The summed E-state index contributed by atoms with van der Waals surface area (Å²) in [7, 11) is 0. The predicted molar refractivity (Wildman–Crippen MR) is 99.0 cm³/mol. The highest BCUT2D eigenvalue weighted by Gasteiger charge is 2.11. The SMILES string of the molecule is Cc1nc(Nc2ccc(F)c(F)c2)cc(C(=O)NCc2ccc(Cl)cc2)n1. The summed E-state index contributed by atoms with van der Waals surface area (Å²) in [5.41, 5.74) is 1.35. The molecule has 1 heterocycles. The lowest BCUT2D eigenvalue weighted by molar-refractivity contribution is 0.0945. The third-order valence-electron chi connectivity index (χ3n) is 3.63. The summed E-state index contributed by atoms with van der Waals surface area (Å²) < 4.78 is 26.4. The fraction of sp³-hybridized carbons (Fsp3) is 0.105. The Hall–Kier alpha value is -3.06. The van der Waals surface area contributed by atoms with Crippen LogP contribution in [0.3, 0.4) is 0 Å². The van der Waals surface area contributed by atoms with E-state index in [1.54, 1.807) is 19.1 Å². The van der Waals surface area contributed by atoms with Gasteiger partial charge in [-0.25, -0.2) is 18.7 Å². The van der Waals surface area contributed by atoms with E-state index in [-0.39, 0.29) is 11.6 Å². The Morgan fingerprint density at radius 1 is 1.04 bits per heavy atom. The number of rotatable bonds is 5. The third-order valence-corrected chi connectivity index (χ3v) is 3.88. The molecule has 0 saturated heterocycles. The highest BCUT2D eigenvalue weighted by atomic mass is 35.5. The average Bonchev–Trinajstić information content (AvgIpc) is 2.63. The number of carbonyl (C=O) groups is 1. The molecule has 5 nitrogen and oxygen atoms in total. The molecule has 138 valence electrons. The molecule has 2 aromatic carbocycles. The molecule has 0 aliphatic rings. The van der Waals surface area contributed by atoms with E-state index in [9.17, 15) is 13.6 Å². The summed E-state index contributed by atoms with van der Waals surface area (Å²) in [4.78, 5) is 20.6. The molecule has 0 saturated carbocycles. The Morgan fingerprint density at radius 3 is 2.48 bits per heavy atom. The summed E-state index contributed by atoms with van der Waals surface area (Å²) in [5.74, 6) is -1.65. The number of halogens is 3. The number of amides is 1. The van der Waals surface area contributed by atoms with Crippen molar-refractivity contribution in [3.8, 4) is 0 Å². The molecule has 0 unspecified atom stereocenters. The largest absolute Gasteiger partial charge is 0.347 e.